The zero-order chi connectivity index (χ0) is 17.8. The fraction of sp³-hybridized carbons (Fsp3) is 0.0625. The smallest absolute Gasteiger partial charge is 0.307 e. The second kappa shape index (κ2) is 7.18. The van der Waals surface area contributed by atoms with E-state index in [1.807, 2.05) is 24.5 Å². The van der Waals surface area contributed by atoms with Crippen molar-refractivity contribution in [2.75, 3.05) is 5.32 Å². The summed E-state index contributed by atoms with van der Waals surface area (Å²) < 4.78 is 17.0. The number of amides is 1. The zero-order valence-electron chi connectivity index (χ0n) is 13.1. The van der Waals surface area contributed by atoms with Crippen LogP contribution in [-0.4, -0.2) is 26.7 Å². The largest absolute Gasteiger partial charge is 0.437 e. The molecule has 0 atom stereocenters. The summed E-state index contributed by atoms with van der Waals surface area (Å²) in [5, 5.41) is 10.3. The Hall–Kier alpha value is -3.13. The van der Waals surface area contributed by atoms with E-state index in [2.05, 4.69) is 20.4 Å². The quantitative estimate of drug-likeness (QED) is 0.438. The van der Waals surface area contributed by atoms with E-state index >= 15 is 0 Å². The number of hydrogen-bond acceptors (Lipinski definition) is 4. The third-order valence-electron chi connectivity index (χ3n) is 3.31. The van der Waals surface area contributed by atoms with Crippen LogP contribution in [0.3, 0.4) is 0 Å². The van der Waals surface area contributed by atoms with Gasteiger partial charge in [-0.15, -0.1) is 0 Å². The summed E-state index contributed by atoms with van der Waals surface area (Å²) in [5.41, 5.74) is 0.467. The Morgan fingerprint density at radius 3 is 2.84 bits per heavy atom. The van der Waals surface area contributed by atoms with E-state index in [0.29, 0.717) is 11.5 Å². The maximum atomic E-state index is 13.6. The minimum absolute atomic E-state index is 0.0337. The Bertz CT molecular complexity index is 901. The number of nitrogens with zero attached hydrogens (tertiary/aromatic N) is 4. The molecule has 0 fully saturated rings. The van der Waals surface area contributed by atoms with Crippen molar-refractivity contribution in [3.8, 4) is 5.82 Å². The highest BCUT2D eigenvalue weighted by molar-refractivity contribution is 6.33. The summed E-state index contributed by atoms with van der Waals surface area (Å²) in [6, 6.07) is 7.89. The number of hydrogen-bond donors (Lipinski definition) is 1. The Kier molecular flexibility index (Phi) is 4.80. The van der Waals surface area contributed by atoms with E-state index in [0.717, 1.165) is 6.21 Å². The predicted octanol–water partition coefficient (Wildman–Crippen LogP) is 3.59. The molecule has 1 N–H and O–H groups in total. The van der Waals surface area contributed by atoms with Gasteiger partial charge in [0.1, 0.15) is 11.5 Å². The number of rotatable bonds is 4. The molecule has 0 bridgehead atoms. The van der Waals surface area contributed by atoms with Crippen LogP contribution >= 0.6 is 11.6 Å². The minimum atomic E-state index is -0.842. The van der Waals surface area contributed by atoms with Gasteiger partial charge in [0.25, 0.3) is 0 Å². The first-order valence-electron chi connectivity index (χ1n) is 7.17. The molecule has 1 aromatic carbocycles. The average Bonchev–Trinajstić information content (AvgIpc) is 3.20. The summed E-state index contributed by atoms with van der Waals surface area (Å²) in [6.07, 6.45) is 5.30. The van der Waals surface area contributed by atoms with E-state index < -0.39 is 11.9 Å². The zero-order valence-corrected chi connectivity index (χ0v) is 13.8. The minimum Gasteiger partial charge on any atom is -0.307 e. The molecule has 0 spiro atoms. The van der Waals surface area contributed by atoms with Crippen molar-refractivity contribution in [3.05, 3.63) is 65.3 Å². The van der Waals surface area contributed by atoms with E-state index in [1.54, 1.807) is 16.3 Å². The molecule has 2 aromatic heterocycles. The van der Waals surface area contributed by atoms with E-state index in [4.69, 9.17) is 11.6 Å². The van der Waals surface area contributed by atoms with Crippen LogP contribution in [-0.2, 0) is 11.9 Å². The lowest BCUT2D eigenvalue weighted by Crippen LogP contribution is -2.13. The van der Waals surface area contributed by atoms with E-state index in [1.165, 1.54) is 24.4 Å². The molecule has 0 radical (unpaired) electrons. The van der Waals surface area contributed by atoms with Gasteiger partial charge in [-0.1, -0.05) is 22.8 Å². The summed E-state index contributed by atoms with van der Waals surface area (Å²) in [5.74, 6) is 0.0745. The standard InChI is InChI=1S/C16H13ClFN5O2/c1-22-15(23-7-2-3-8-23)14(10-19-22)21-16(24)25-20-9-11-12(17)5-4-6-13(11)18/h2-10H,1H3,(H,21,24). The van der Waals surface area contributed by atoms with Crippen molar-refractivity contribution in [1.29, 1.82) is 0 Å². The molecule has 0 saturated heterocycles. The summed E-state index contributed by atoms with van der Waals surface area (Å²) in [4.78, 5) is 16.6. The number of anilines is 1. The van der Waals surface area contributed by atoms with Crippen molar-refractivity contribution in [2.24, 2.45) is 12.2 Å². The number of carbonyl (C=O) groups is 1. The Morgan fingerprint density at radius 1 is 1.36 bits per heavy atom. The highest BCUT2D eigenvalue weighted by Gasteiger charge is 2.13. The number of carbonyl (C=O) groups excluding carboxylic acids is 1. The topological polar surface area (TPSA) is 73.4 Å². The maximum Gasteiger partial charge on any atom is 0.437 e. The van der Waals surface area contributed by atoms with Gasteiger partial charge in [0.05, 0.1) is 23.0 Å². The second-order valence-corrected chi connectivity index (χ2v) is 5.38. The fourth-order valence-electron chi connectivity index (χ4n) is 2.19. The molecule has 3 aromatic rings. The van der Waals surface area contributed by atoms with Gasteiger partial charge >= 0.3 is 6.09 Å². The molecular formula is C16H13ClFN5O2. The molecule has 7 nitrogen and oxygen atoms in total. The third-order valence-corrected chi connectivity index (χ3v) is 3.64. The number of aromatic nitrogens is 3. The maximum absolute atomic E-state index is 13.6. The fourth-order valence-corrected chi connectivity index (χ4v) is 2.41. The molecular weight excluding hydrogens is 349 g/mol. The molecule has 0 aliphatic rings. The van der Waals surface area contributed by atoms with Crippen LogP contribution in [0.1, 0.15) is 5.56 Å². The molecule has 128 valence electrons. The van der Waals surface area contributed by atoms with Gasteiger partial charge in [0, 0.05) is 19.4 Å². The van der Waals surface area contributed by atoms with Crippen LogP contribution in [0, 0.1) is 5.82 Å². The molecule has 25 heavy (non-hydrogen) atoms. The van der Waals surface area contributed by atoms with Crippen molar-refractivity contribution in [3.63, 3.8) is 0 Å². The van der Waals surface area contributed by atoms with Crippen LogP contribution in [0.2, 0.25) is 5.02 Å². The van der Waals surface area contributed by atoms with Crippen molar-refractivity contribution in [2.45, 2.75) is 0 Å². The van der Waals surface area contributed by atoms with Gasteiger partial charge in [-0.3, -0.25) is 14.8 Å². The molecule has 0 unspecified atom stereocenters. The first kappa shape index (κ1) is 16.7. The van der Waals surface area contributed by atoms with Crippen molar-refractivity contribution in [1.82, 2.24) is 14.3 Å². The number of halogens is 2. The van der Waals surface area contributed by atoms with Gasteiger partial charge in [-0.2, -0.15) is 5.10 Å². The monoisotopic (exact) mass is 361 g/mol. The number of oxime groups is 1. The molecule has 2 heterocycles. The Labute approximate surface area is 147 Å². The predicted molar refractivity (Wildman–Crippen MR) is 91.6 cm³/mol. The molecule has 3 rings (SSSR count). The van der Waals surface area contributed by atoms with E-state index in [9.17, 15) is 9.18 Å². The first-order valence-corrected chi connectivity index (χ1v) is 7.55. The van der Waals surface area contributed by atoms with Crippen LogP contribution < -0.4 is 5.32 Å². The van der Waals surface area contributed by atoms with Gasteiger partial charge in [0.15, 0.2) is 5.82 Å². The highest BCUT2D eigenvalue weighted by Crippen LogP contribution is 2.20. The number of nitrogens with one attached hydrogen (secondary N) is 1. The highest BCUT2D eigenvalue weighted by atomic mass is 35.5. The van der Waals surface area contributed by atoms with Gasteiger partial charge < -0.3 is 4.57 Å². The van der Waals surface area contributed by atoms with Crippen LogP contribution in [0.4, 0.5) is 14.9 Å². The summed E-state index contributed by atoms with van der Waals surface area (Å²) >= 11 is 5.85. The second-order valence-electron chi connectivity index (χ2n) is 4.97. The average molecular weight is 362 g/mol. The van der Waals surface area contributed by atoms with Crippen LogP contribution in [0.15, 0.2) is 54.1 Å². The van der Waals surface area contributed by atoms with Gasteiger partial charge in [-0.05, 0) is 24.3 Å². The van der Waals surface area contributed by atoms with Gasteiger partial charge in [-0.25, -0.2) is 9.18 Å². The number of aryl methyl sites for hydroxylation is 1. The van der Waals surface area contributed by atoms with Crippen molar-refractivity contribution >= 4 is 29.6 Å². The van der Waals surface area contributed by atoms with Gasteiger partial charge in [0.2, 0.25) is 0 Å². The number of benzene rings is 1. The molecule has 9 heteroatoms. The molecule has 0 aliphatic heterocycles. The Balaban J connectivity index is 1.69. The lowest BCUT2D eigenvalue weighted by atomic mass is 10.2. The SMILES string of the molecule is Cn1ncc(NC(=O)ON=Cc2c(F)cccc2Cl)c1-n1cccc1. The lowest BCUT2D eigenvalue weighted by Gasteiger charge is -2.07. The lowest BCUT2D eigenvalue weighted by molar-refractivity contribution is 0.167. The van der Waals surface area contributed by atoms with Crippen LogP contribution in [0.25, 0.3) is 5.82 Å². The molecule has 1 amide bonds. The van der Waals surface area contributed by atoms with Crippen molar-refractivity contribution < 1.29 is 14.0 Å². The first-order chi connectivity index (χ1) is 12.1. The Morgan fingerprint density at radius 2 is 2.12 bits per heavy atom. The molecule has 0 aliphatic carbocycles. The molecule has 0 saturated carbocycles. The van der Waals surface area contributed by atoms with E-state index in [-0.39, 0.29) is 10.6 Å². The summed E-state index contributed by atoms with van der Waals surface area (Å²) in [6.45, 7) is 0. The normalized spacial score (nSPS) is 11.0. The van der Waals surface area contributed by atoms with Crippen LogP contribution in [0.5, 0.6) is 0 Å². The summed E-state index contributed by atoms with van der Waals surface area (Å²) in [7, 11) is 1.74. The third kappa shape index (κ3) is 3.69.